The van der Waals surface area contributed by atoms with Gasteiger partial charge in [-0.15, -0.1) is 0 Å². The first-order valence-corrected chi connectivity index (χ1v) is 10.3. The van der Waals surface area contributed by atoms with Crippen molar-refractivity contribution in [2.45, 2.75) is 64.6 Å². The van der Waals surface area contributed by atoms with Gasteiger partial charge in [-0.2, -0.15) is 0 Å². The Bertz CT molecular complexity index is 675. The summed E-state index contributed by atoms with van der Waals surface area (Å²) in [5.74, 6) is -0.174. The molecule has 2 amide bonds. The van der Waals surface area contributed by atoms with Crippen LogP contribution in [0.5, 0.6) is 0 Å². The summed E-state index contributed by atoms with van der Waals surface area (Å²) < 4.78 is 5.52. The van der Waals surface area contributed by atoms with Crippen molar-refractivity contribution >= 4 is 23.6 Å². The van der Waals surface area contributed by atoms with Crippen LogP contribution in [0.25, 0.3) is 0 Å². The molecular formula is C21H32ClN3O3. The number of halogens is 1. The van der Waals surface area contributed by atoms with E-state index in [4.69, 9.17) is 16.3 Å². The Hall–Kier alpha value is -1.79. The molecule has 0 saturated carbocycles. The van der Waals surface area contributed by atoms with Crippen molar-refractivity contribution in [3.63, 3.8) is 0 Å². The van der Waals surface area contributed by atoms with Crippen LogP contribution in [0.4, 0.5) is 4.79 Å². The van der Waals surface area contributed by atoms with Crippen molar-refractivity contribution in [3.05, 3.63) is 34.9 Å². The van der Waals surface area contributed by atoms with Crippen LogP contribution in [0, 0.1) is 0 Å². The van der Waals surface area contributed by atoms with Crippen molar-refractivity contribution in [2.24, 2.45) is 0 Å². The van der Waals surface area contributed by atoms with Crippen LogP contribution in [-0.4, -0.2) is 54.2 Å². The number of ether oxygens (including phenoxy) is 1. The molecule has 0 radical (unpaired) electrons. The molecule has 1 fully saturated rings. The SMILES string of the molecule is C[C@H](C[C@H]1CCCN1C(=O)OC(C)(C)C)NCCNC(=O)c1ccccc1Cl. The summed E-state index contributed by atoms with van der Waals surface area (Å²) in [4.78, 5) is 26.4. The minimum atomic E-state index is -0.478. The third kappa shape index (κ3) is 6.99. The second-order valence-corrected chi connectivity index (χ2v) is 8.70. The highest BCUT2D eigenvalue weighted by Gasteiger charge is 2.32. The number of hydrogen-bond donors (Lipinski definition) is 2. The fraction of sp³-hybridized carbons (Fsp3) is 0.619. The molecule has 28 heavy (non-hydrogen) atoms. The number of nitrogens with one attached hydrogen (secondary N) is 2. The van der Waals surface area contributed by atoms with Crippen molar-refractivity contribution in [1.29, 1.82) is 0 Å². The summed E-state index contributed by atoms with van der Waals surface area (Å²) in [7, 11) is 0. The zero-order valence-electron chi connectivity index (χ0n) is 17.3. The largest absolute Gasteiger partial charge is 0.444 e. The minimum Gasteiger partial charge on any atom is -0.444 e. The van der Waals surface area contributed by atoms with Gasteiger partial charge in [0.25, 0.3) is 5.91 Å². The second kappa shape index (κ2) is 10.1. The highest BCUT2D eigenvalue weighted by Crippen LogP contribution is 2.24. The van der Waals surface area contributed by atoms with E-state index in [1.165, 1.54) is 0 Å². The molecule has 2 rings (SSSR count). The molecule has 1 saturated heterocycles. The van der Waals surface area contributed by atoms with Crippen molar-refractivity contribution < 1.29 is 14.3 Å². The quantitative estimate of drug-likeness (QED) is 0.671. The van der Waals surface area contributed by atoms with E-state index in [1.807, 2.05) is 25.7 Å². The van der Waals surface area contributed by atoms with Crippen LogP contribution in [0.1, 0.15) is 57.3 Å². The van der Waals surface area contributed by atoms with E-state index in [9.17, 15) is 9.59 Å². The molecular weight excluding hydrogens is 378 g/mol. The zero-order valence-corrected chi connectivity index (χ0v) is 18.0. The van der Waals surface area contributed by atoms with Gasteiger partial charge in [0.15, 0.2) is 0 Å². The van der Waals surface area contributed by atoms with Crippen molar-refractivity contribution in [1.82, 2.24) is 15.5 Å². The third-order valence-electron chi connectivity index (χ3n) is 4.65. The number of hydrogen-bond acceptors (Lipinski definition) is 4. The first-order chi connectivity index (χ1) is 13.2. The van der Waals surface area contributed by atoms with Crippen LogP contribution in [-0.2, 0) is 4.74 Å². The molecule has 7 heteroatoms. The molecule has 0 aliphatic carbocycles. The molecule has 6 nitrogen and oxygen atoms in total. The van der Waals surface area contributed by atoms with Crippen molar-refractivity contribution in [3.8, 4) is 0 Å². The summed E-state index contributed by atoms with van der Waals surface area (Å²) in [5.41, 5.74) is 0.00434. The standard InChI is InChI=1S/C21H32ClN3O3/c1-15(14-16-8-7-13-25(16)20(27)28-21(2,3)4)23-11-12-24-19(26)17-9-5-6-10-18(17)22/h5-6,9-10,15-16,23H,7-8,11-14H2,1-4H3,(H,24,26)/t15-,16-/m1/s1. The lowest BCUT2D eigenvalue weighted by atomic mass is 10.1. The van der Waals surface area contributed by atoms with Crippen LogP contribution in [0.3, 0.4) is 0 Å². The monoisotopic (exact) mass is 409 g/mol. The summed E-state index contributed by atoms with van der Waals surface area (Å²) in [6, 6.07) is 7.42. The van der Waals surface area contributed by atoms with Gasteiger partial charge in [-0.3, -0.25) is 4.79 Å². The maximum atomic E-state index is 12.4. The molecule has 1 aromatic rings. The molecule has 0 spiro atoms. The topological polar surface area (TPSA) is 70.7 Å². The predicted octanol–water partition coefficient (Wildman–Crippen LogP) is 3.84. The summed E-state index contributed by atoms with van der Waals surface area (Å²) >= 11 is 6.04. The van der Waals surface area contributed by atoms with E-state index in [0.29, 0.717) is 23.7 Å². The van der Waals surface area contributed by atoms with E-state index in [-0.39, 0.29) is 24.1 Å². The van der Waals surface area contributed by atoms with E-state index in [0.717, 1.165) is 25.8 Å². The second-order valence-electron chi connectivity index (χ2n) is 8.30. The fourth-order valence-electron chi connectivity index (χ4n) is 3.37. The molecule has 1 aliphatic rings. The number of carbonyl (C=O) groups is 2. The lowest BCUT2D eigenvalue weighted by Crippen LogP contribution is -2.43. The predicted molar refractivity (Wildman–Crippen MR) is 112 cm³/mol. The third-order valence-corrected chi connectivity index (χ3v) is 4.98. The van der Waals surface area contributed by atoms with Gasteiger partial charge in [0, 0.05) is 31.7 Å². The Morgan fingerprint density at radius 3 is 2.68 bits per heavy atom. The summed E-state index contributed by atoms with van der Waals surface area (Å²) in [5, 5.41) is 6.73. The maximum absolute atomic E-state index is 12.4. The van der Waals surface area contributed by atoms with E-state index < -0.39 is 5.60 Å². The summed E-state index contributed by atoms with van der Waals surface area (Å²) in [6.07, 6.45) is 2.63. The van der Waals surface area contributed by atoms with Crippen LogP contribution < -0.4 is 10.6 Å². The lowest BCUT2D eigenvalue weighted by Gasteiger charge is -2.30. The Labute approximate surface area is 172 Å². The Morgan fingerprint density at radius 1 is 1.29 bits per heavy atom. The molecule has 2 N–H and O–H groups in total. The number of likely N-dealkylation sites (tertiary alicyclic amines) is 1. The van der Waals surface area contributed by atoms with E-state index in [1.54, 1.807) is 24.3 Å². The molecule has 1 heterocycles. The van der Waals surface area contributed by atoms with E-state index in [2.05, 4.69) is 17.6 Å². The Kier molecular flexibility index (Phi) is 8.13. The molecule has 2 atom stereocenters. The molecule has 0 aromatic heterocycles. The van der Waals surface area contributed by atoms with Gasteiger partial charge >= 0.3 is 6.09 Å². The molecule has 1 aliphatic heterocycles. The van der Waals surface area contributed by atoms with Gasteiger partial charge in [-0.25, -0.2) is 4.79 Å². The highest BCUT2D eigenvalue weighted by atomic mass is 35.5. The number of rotatable bonds is 7. The maximum Gasteiger partial charge on any atom is 0.410 e. The van der Waals surface area contributed by atoms with Gasteiger partial charge in [0.05, 0.1) is 10.6 Å². The van der Waals surface area contributed by atoms with Crippen LogP contribution in [0.15, 0.2) is 24.3 Å². The number of carbonyl (C=O) groups excluding carboxylic acids is 2. The number of amides is 2. The van der Waals surface area contributed by atoms with E-state index >= 15 is 0 Å². The fourth-order valence-corrected chi connectivity index (χ4v) is 3.59. The molecule has 156 valence electrons. The van der Waals surface area contributed by atoms with Gasteiger partial charge in [-0.1, -0.05) is 23.7 Å². The summed E-state index contributed by atoms with van der Waals surface area (Å²) in [6.45, 7) is 9.66. The molecule has 1 aromatic carbocycles. The lowest BCUT2D eigenvalue weighted by molar-refractivity contribution is 0.0214. The smallest absolute Gasteiger partial charge is 0.410 e. The Balaban J connectivity index is 1.72. The number of nitrogens with zero attached hydrogens (tertiary/aromatic N) is 1. The normalized spacial score (nSPS) is 18.0. The van der Waals surface area contributed by atoms with Gasteiger partial charge in [0.1, 0.15) is 5.60 Å². The highest BCUT2D eigenvalue weighted by molar-refractivity contribution is 6.33. The number of benzene rings is 1. The van der Waals surface area contributed by atoms with Gasteiger partial charge in [-0.05, 0) is 59.1 Å². The van der Waals surface area contributed by atoms with Gasteiger partial charge in [0.2, 0.25) is 0 Å². The molecule has 0 bridgehead atoms. The zero-order chi connectivity index (χ0) is 20.7. The average Bonchev–Trinajstić information content (AvgIpc) is 3.05. The van der Waals surface area contributed by atoms with Crippen LogP contribution >= 0.6 is 11.6 Å². The first-order valence-electron chi connectivity index (χ1n) is 9.93. The van der Waals surface area contributed by atoms with Gasteiger partial charge < -0.3 is 20.3 Å². The average molecular weight is 410 g/mol. The minimum absolute atomic E-state index is 0.174. The first kappa shape index (κ1) is 22.5. The van der Waals surface area contributed by atoms with Crippen molar-refractivity contribution in [2.75, 3.05) is 19.6 Å². The molecule has 0 unspecified atom stereocenters. The van der Waals surface area contributed by atoms with Crippen LogP contribution in [0.2, 0.25) is 5.02 Å². The Morgan fingerprint density at radius 2 is 2.00 bits per heavy atom.